The highest BCUT2D eigenvalue weighted by molar-refractivity contribution is 7.98. The standard InChI is InChI=1S/C35H56N2OS/c1-7-24-23-28-30-18-15-26(34(30,5)21-19-31(28)35(6)20-9-8-12-29(24)35)11-10-22-36-32(38)37-39-27-16-13-25(14-17-27)33(2,3)4/h13-14,16-17,24,26,28-31H,7-12,15,18-23H2,1-6H3,(H2,36,37,38)/t24-,26?,28?,29?,30?,31-,34?,35?/m0/s1. The van der Waals surface area contributed by atoms with Gasteiger partial charge in [0.15, 0.2) is 0 Å². The quantitative estimate of drug-likeness (QED) is 0.261. The van der Waals surface area contributed by atoms with Crippen LogP contribution in [-0.2, 0) is 5.41 Å². The van der Waals surface area contributed by atoms with Gasteiger partial charge in [-0.15, -0.1) is 0 Å². The minimum atomic E-state index is -0.0704. The number of benzene rings is 1. The van der Waals surface area contributed by atoms with Crippen molar-refractivity contribution in [2.45, 2.75) is 129 Å². The second-order valence-electron chi connectivity index (χ2n) is 15.3. The van der Waals surface area contributed by atoms with E-state index in [1.165, 1.54) is 88.1 Å². The Kier molecular flexibility index (Phi) is 8.73. The van der Waals surface area contributed by atoms with Gasteiger partial charge in [0.05, 0.1) is 0 Å². The zero-order chi connectivity index (χ0) is 27.8. The number of carbonyl (C=O) groups excluding carboxylic acids is 1. The molecule has 0 heterocycles. The summed E-state index contributed by atoms with van der Waals surface area (Å²) in [6, 6.07) is 8.45. The highest BCUT2D eigenvalue weighted by Crippen LogP contribution is 2.69. The molecule has 3 nitrogen and oxygen atoms in total. The molecule has 1 aromatic carbocycles. The number of fused-ring (bicyclic) bond motifs is 5. The molecule has 4 heteroatoms. The second-order valence-corrected chi connectivity index (χ2v) is 16.2. The van der Waals surface area contributed by atoms with Gasteiger partial charge in [0.25, 0.3) is 0 Å². The van der Waals surface area contributed by atoms with Gasteiger partial charge in [-0.2, -0.15) is 0 Å². The SMILES string of the molecule is CC[C@H]1CC2C3CCC(CCCNC(=O)NSc4ccc(C(C)(C)C)cc4)C3(C)CC[C@@H]2C2(C)CCCCC12. The van der Waals surface area contributed by atoms with Gasteiger partial charge in [-0.25, -0.2) is 4.79 Å². The topological polar surface area (TPSA) is 41.1 Å². The van der Waals surface area contributed by atoms with Crippen molar-refractivity contribution in [1.29, 1.82) is 0 Å². The normalized spacial score (nSPS) is 37.9. The molecule has 0 bridgehead atoms. The number of rotatable bonds is 7. The van der Waals surface area contributed by atoms with Gasteiger partial charge in [0.1, 0.15) is 0 Å². The Balaban J connectivity index is 1.09. The molecule has 2 amide bonds. The smallest absolute Gasteiger partial charge is 0.325 e. The molecule has 39 heavy (non-hydrogen) atoms. The lowest BCUT2D eigenvalue weighted by Crippen LogP contribution is -2.55. The highest BCUT2D eigenvalue weighted by atomic mass is 32.2. The molecular weight excluding hydrogens is 496 g/mol. The van der Waals surface area contributed by atoms with Crippen LogP contribution in [0.5, 0.6) is 0 Å². The van der Waals surface area contributed by atoms with Gasteiger partial charge < -0.3 is 5.32 Å². The monoisotopic (exact) mass is 552 g/mol. The Morgan fingerprint density at radius 3 is 2.41 bits per heavy atom. The van der Waals surface area contributed by atoms with E-state index in [9.17, 15) is 4.79 Å². The fourth-order valence-corrected chi connectivity index (χ4v) is 10.9. The van der Waals surface area contributed by atoms with Crippen LogP contribution in [0.25, 0.3) is 0 Å². The van der Waals surface area contributed by atoms with Gasteiger partial charge in [-0.1, -0.05) is 72.9 Å². The van der Waals surface area contributed by atoms with E-state index >= 15 is 0 Å². The van der Waals surface area contributed by atoms with Crippen LogP contribution in [0.1, 0.15) is 124 Å². The maximum atomic E-state index is 12.4. The zero-order valence-corrected chi connectivity index (χ0v) is 26.6. The van der Waals surface area contributed by atoms with E-state index in [0.29, 0.717) is 10.8 Å². The van der Waals surface area contributed by atoms with Crippen molar-refractivity contribution < 1.29 is 4.79 Å². The first kappa shape index (κ1) is 29.3. The summed E-state index contributed by atoms with van der Waals surface area (Å²) >= 11 is 1.40. The Hall–Kier alpha value is -1.16. The average molecular weight is 553 g/mol. The Morgan fingerprint density at radius 2 is 1.69 bits per heavy atom. The van der Waals surface area contributed by atoms with E-state index in [2.05, 4.69) is 75.8 Å². The van der Waals surface area contributed by atoms with Crippen molar-refractivity contribution in [2.24, 2.45) is 46.3 Å². The summed E-state index contributed by atoms with van der Waals surface area (Å²) in [5, 5.41) is 3.12. The molecule has 218 valence electrons. The van der Waals surface area contributed by atoms with Crippen molar-refractivity contribution in [3.63, 3.8) is 0 Å². The second kappa shape index (κ2) is 11.6. The largest absolute Gasteiger partial charge is 0.337 e. The van der Waals surface area contributed by atoms with Crippen LogP contribution in [0.15, 0.2) is 29.2 Å². The molecule has 4 saturated carbocycles. The number of hydrogen-bond donors (Lipinski definition) is 2. The first-order valence-electron chi connectivity index (χ1n) is 16.4. The minimum Gasteiger partial charge on any atom is -0.337 e. The van der Waals surface area contributed by atoms with Gasteiger partial charge in [-0.05, 0) is 139 Å². The summed E-state index contributed by atoms with van der Waals surface area (Å²) in [4.78, 5) is 13.5. The van der Waals surface area contributed by atoms with Gasteiger partial charge >= 0.3 is 6.03 Å². The van der Waals surface area contributed by atoms with Crippen LogP contribution in [0, 0.1) is 46.3 Å². The molecule has 0 saturated heterocycles. The fraction of sp³-hybridized carbons (Fsp3) is 0.800. The summed E-state index contributed by atoms with van der Waals surface area (Å²) in [7, 11) is 0. The van der Waals surface area contributed by atoms with Crippen molar-refractivity contribution in [2.75, 3.05) is 6.54 Å². The van der Waals surface area contributed by atoms with Crippen LogP contribution in [0.2, 0.25) is 0 Å². The van der Waals surface area contributed by atoms with Crippen LogP contribution < -0.4 is 10.0 Å². The Bertz CT molecular complexity index is 985. The van der Waals surface area contributed by atoms with Crippen molar-refractivity contribution in [3.05, 3.63) is 29.8 Å². The molecule has 0 radical (unpaired) electrons. The maximum Gasteiger partial charge on any atom is 0.325 e. The van der Waals surface area contributed by atoms with Crippen LogP contribution in [-0.4, -0.2) is 12.6 Å². The lowest BCUT2D eigenvalue weighted by atomic mass is 9.42. The number of carbonyl (C=O) groups is 1. The van der Waals surface area contributed by atoms with Crippen LogP contribution >= 0.6 is 11.9 Å². The maximum absolute atomic E-state index is 12.4. The molecule has 8 atom stereocenters. The average Bonchev–Trinajstić information content (AvgIpc) is 3.25. The van der Waals surface area contributed by atoms with E-state index in [1.54, 1.807) is 0 Å². The molecule has 6 unspecified atom stereocenters. The fourth-order valence-electron chi connectivity index (χ4n) is 10.3. The third-order valence-corrected chi connectivity index (χ3v) is 13.3. The van der Waals surface area contributed by atoms with E-state index < -0.39 is 0 Å². The van der Waals surface area contributed by atoms with Crippen molar-refractivity contribution in [3.8, 4) is 0 Å². The van der Waals surface area contributed by atoms with Crippen molar-refractivity contribution in [1.82, 2.24) is 10.0 Å². The third-order valence-electron chi connectivity index (χ3n) is 12.5. The van der Waals surface area contributed by atoms with Crippen molar-refractivity contribution >= 4 is 18.0 Å². The first-order chi connectivity index (χ1) is 18.6. The number of urea groups is 1. The molecular formula is C35H56N2OS. The lowest BCUT2D eigenvalue weighted by Gasteiger charge is -2.62. The molecule has 0 aromatic heterocycles. The summed E-state index contributed by atoms with van der Waals surface area (Å²) < 4.78 is 2.97. The predicted octanol–water partition coefficient (Wildman–Crippen LogP) is 9.76. The Labute approximate surface area is 244 Å². The Morgan fingerprint density at radius 1 is 0.949 bits per heavy atom. The summed E-state index contributed by atoms with van der Waals surface area (Å²) in [6.45, 7) is 15.3. The summed E-state index contributed by atoms with van der Waals surface area (Å²) in [6.07, 6.45) is 17.0. The molecule has 0 spiro atoms. The van der Waals surface area contributed by atoms with Gasteiger partial charge in [0, 0.05) is 11.4 Å². The summed E-state index contributed by atoms with van der Waals surface area (Å²) in [5.41, 5.74) is 2.60. The minimum absolute atomic E-state index is 0.0704. The van der Waals surface area contributed by atoms with E-state index in [0.717, 1.165) is 53.4 Å². The van der Waals surface area contributed by atoms with Crippen LogP contribution in [0.4, 0.5) is 4.79 Å². The van der Waals surface area contributed by atoms with Gasteiger partial charge in [-0.3, -0.25) is 4.72 Å². The zero-order valence-electron chi connectivity index (χ0n) is 25.8. The number of hydrogen-bond acceptors (Lipinski definition) is 2. The molecule has 4 fully saturated rings. The van der Waals surface area contributed by atoms with Crippen LogP contribution in [0.3, 0.4) is 0 Å². The van der Waals surface area contributed by atoms with Gasteiger partial charge in [0.2, 0.25) is 0 Å². The van der Waals surface area contributed by atoms with E-state index in [4.69, 9.17) is 0 Å². The lowest BCUT2D eigenvalue weighted by molar-refractivity contribution is -0.135. The molecule has 4 aliphatic carbocycles. The molecule has 2 N–H and O–H groups in total. The molecule has 1 aromatic rings. The first-order valence-corrected chi connectivity index (χ1v) is 17.2. The molecule has 5 rings (SSSR count). The molecule has 4 aliphatic rings. The number of amides is 2. The third kappa shape index (κ3) is 5.80. The van der Waals surface area contributed by atoms with E-state index in [1.807, 2.05) is 0 Å². The highest BCUT2D eigenvalue weighted by Gasteiger charge is 2.60. The summed E-state index contributed by atoms with van der Waals surface area (Å²) in [5.74, 6) is 5.69. The number of nitrogens with one attached hydrogen (secondary N) is 2. The predicted molar refractivity (Wildman–Crippen MR) is 166 cm³/mol. The van der Waals surface area contributed by atoms with E-state index in [-0.39, 0.29) is 11.4 Å². The molecule has 0 aliphatic heterocycles.